The third-order valence-corrected chi connectivity index (χ3v) is 11.4. The van der Waals surface area contributed by atoms with Crippen molar-refractivity contribution in [3.8, 4) is 44.5 Å². The molecule has 10 aromatic carbocycles. The van der Waals surface area contributed by atoms with Gasteiger partial charge >= 0.3 is 0 Å². The van der Waals surface area contributed by atoms with Crippen LogP contribution in [0.5, 0.6) is 0 Å². The molecule has 0 fully saturated rings. The van der Waals surface area contributed by atoms with Crippen molar-refractivity contribution in [1.29, 1.82) is 0 Å². The van der Waals surface area contributed by atoms with Gasteiger partial charge in [-0.25, -0.2) is 0 Å². The first-order chi connectivity index (χ1) is 29.9. The highest BCUT2D eigenvalue weighted by atomic mass is 16.3. The number of hydrogen-bond donors (Lipinski definition) is 0. The maximum atomic E-state index is 9.00. The van der Waals surface area contributed by atoms with Crippen LogP contribution in [0.25, 0.3) is 121 Å². The van der Waals surface area contributed by atoms with Gasteiger partial charge in [-0.1, -0.05) is 158 Å². The van der Waals surface area contributed by atoms with Crippen molar-refractivity contribution < 1.29 is 15.7 Å². The summed E-state index contributed by atoms with van der Waals surface area (Å²) in [6.07, 6.45) is 0. The molecule has 0 aliphatic heterocycles. The van der Waals surface area contributed by atoms with Crippen LogP contribution in [-0.4, -0.2) is 0 Å². The van der Waals surface area contributed by atoms with Gasteiger partial charge in [-0.2, -0.15) is 0 Å². The van der Waals surface area contributed by atoms with Gasteiger partial charge in [0, 0.05) is 27.1 Å². The Hall–Kier alpha value is -7.42. The van der Waals surface area contributed by atoms with Crippen molar-refractivity contribution in [2.24, 2.45) is 0 Å². The molecule has 12 aromatic rings. The standard InChI is InChI=1S/C54H32O2/c1-2-14-33(15-3-1)51-39-19-6-8-21-41(39)53(42-22-9-7-20-40(42)51)44-28-27-37(35-16-4-5-17-36(35)44)43-29-31-50-54(45-23-11-13-25-48(45)56-50)52(43)34-26-30-49-46(32-34)38-18-10-12-24-47(38)55-49/h1-32H/i1D,2D,3D,14D,15D. The third kappa shape index (κ3) is 4.50. The molecule has 260 valence electrons. The highest BCUT2D eigenvalue weighted by molar-refractivity contribution is 6.25. The molecule has 0 saturated carbocycles. The number of benzene rings is 10. The zero-order valence-electron chi connectivity index (χ0n) is 34.9. The summed E-state index contributed by atoms with van der Waals surface area (Å²) in [5.74, 6) is 0. The summed E-state index contributed by atoms with van der Waals surface area (Å²) in [5.41, 5.74) is 10.5. The van der Waals surface area contributed by atoms with Crippen molar-refractivity contribution in [2.75, 3.05) is 0 Å². The average Bonchev–Trinajstić information content (AvgIpc) is 3.88. The minimum atomic E-state index is -0.408. The Bertz CT molecular complexity index is 3750. The fraction of sp³-hybridized carbons (Fsp3) is 0. The SMILES string of the molecule is [2H]c1c([2H])c([2H])c(-c2c3ccccc3c(-c3ccc(-c4ccc5oc6ccccc6c5c4-c4ccc5oc6ccccc6c5c4)c4ccccc34)c3ccccc23)c([2H])c1[2H]. The van der Waals surface area contributed by atoms with Gasteiger partial charge < -0.3 is 8.83 Å². The Kier molecular flexibility index (Phi) is 5.67. The summed E-state index contributed by atoms with van der Waals surface area (Å²) in [7, 11) is 0. The molecule has 12 rings (SSSR count). The van der Waals surface area contributed by atoms with Gasteiger partial charge in [0.1, 0.15) is 22.3 Å². The van der Waals surface area contributed by atoms with E-state index in [1.54, 1.807) is 0 Å². The molecule has 0 saturated heterocycles. The van der Waals surface area contributed by atoms with Crippen molar-refractivity contribution >= 4 is 76.2 Å². The summed E-state index contributed by atoms with van der Waals surface area (Å²) in [5, 5.41) is 9.82. The smallest absolute Gasteiger partial charge is 0.136 e. The second-order valence-corrected chi connectivity index (χ2v) is 14.3. The second kappa shape index (κ2) is 12.0. The Morgan fingerprint density at radius 3 is 1.48 bits per heavy atom. The molecular weight excluding hydrogens is 681 g/mol. The van der Waals surface area contributed by atoms with E-state index in [9.17, 15) is 0 Å². The molecule has 0 atom stereocenters. The van der Waals surface area contributed by atoms with E-state index in [1.807, 2.05) is 66.7 Å². The van der Waals surface area contributed by atoms with E-state index in [0.717, 1.165) is 110 Å². The van der Waals surface area contributed by atoms with Gasteiger partial charge in [-0.05, 0) is 108 Å². The molecule has 0 aliphatic rings. The molecular formula is C54H32O2. The first-order valence-corrected chi connectivity index (χ1v) is 18.8. The summed E-state index contributed by atoms with van der Waals surface area (Å²) in [6.45, 7) is 0. The number of rotatable bonds is 4. The number of furan rings is 2. The zero-order valence-corrected chi connectivity index (χ0v) is 29.9. The Balaban J connectivity index is 1.16. The minimum Gasteiger partial charge on any atom is -0.456 e. The van der Waals surface area contributed by atoms with Crippen LogP contribution in [0.3, 0.4) is 0 Å². The summed E-state index contributed by atoms with van der Waals surface area (Å²) in [4.78, 5) is 0. The molecule has 2 aromatic heterocycles. The number of fused-ring (bicyclic) bond motifs is 9. The van der Waals surface area contributed by atoms with Gasteiger partial charge in [0.2, 0.25) is 0 Å². The molecule has 0 spiro atoms. The number of hydrogen-bond acceptors (Lipinski definition) is 2. The van der Waals surface area contributed by atoms with Crippen molar-refractivity contribution in [2.45, 2.75) is 0 Å². The fourth-order valence-corrected chi connectivity index (χ4v) is 9.04. The van der Waals surface area contributed by atoms with E-state index in [1.165, 1.54) is 0 Å². The van der Waals surface area contributed by atoms with Gasteiger partial charge in [0.15, 0.2) is 0 Å². The quantitative estimate of drug-likeness (QED) is 0.169. The summed E-state index contributed by atoms with van der Waals surface area (Å²) < 4.78 is 56.2. The molecule has 0 radical (unpaired) electrons. The predicted octanol–water partition coefficient (Wildman–Crippen LogP) is 15.6. The zero-order chi connectivity index (χ0) is 41.1. The van der Waals surface area contributed by atoms with Crippen LogP contribution < -0.4 is 0 Å². The Labute approximate surface area is 329 Å². The van der Waals surface area contributed by atoms with Crippen molar-refractivity contribution in [1.82, 2.24) is 0 Å². The van der Waals surface area contributed by atoms with Gasteiger partial charge in [-0.15, -0.1) is 0 Å². The van der Waals surface area contributed by atoms with E-state index in [4.69, 9.17) is 15.7 Å². The maximum absolute atomic E-state index is 9.00. The van der Waals surface area contributed by atoms with E-state index in [0.29, 0.717) is 5.56 Å². The Morgan fingerprint density at radius 2 is 0.786 bits per heavy atom. The molecule has 0 aliphatic carbocycles. The lowest BCUT2D eigenvalue weighted by Crippen LogP contribution is -1.93. The molecule has 2 heterocycles. The lowest BCUT2D eigenvalue weighted by molar-refractivity contribution is 0.669. The van der Waals surface area contributed by atoms with Crippen LogP contribution in [0.2, 0.25) is 0 Å². The van der Waals surface area contributed by atoms with E-state index in [-0.39, 0.29) is 29.7 Å². The molecule has 0 amide bonds. The molecule has 2 nitrogen and oxygen atoms in total. The lowest BCUT2D eigenvalue weighted by atomic mass is 9.83. The summed E-state index contributed by atoms with van der Waals surface area (Å²) in [6, 6.07) is 54.5. The van der Waals surface area contributed by atoms with Crippen LogP contribution in [0.15, 0.2) is 203 Å². The highest BCUT2D eigenvalue weighted by Crippen LogP contribution is 2.49. The first kappa shape index (κ1) is 26.4. The molecule has 2 heteroatoms. The predicted molar refractivity (Wildman–Crippen MR) is 235 cm³/mol. The summed E-state index contributed by atoms with van der Waals surface area (Å²) >= 11 is 0. The van der Waals surface area contributed by atoms with Crippen LogP contribution >= 0.6 is 0 Å². The van der Waals surface area contributed by atoms with Crippen LogP contribution in [0.1, 0.15) is 6.85 Å². The van der Waals surface area contributed by atoms with Crippen LogP contribution in [0.4, 0.5) is 0 Å². The van der Waals surface area contributed by atoms with Crippen molar-refractivity contribution in [3.63, 3.8) is 0 Å². The molecule has 56 heavy (non-hydrogen) atoms. The van der Waals surface area contributed by atoms with E-state index < -0.39 is 6.04 Å². The molecule has 0 N–H and O–H groups in total. The van der Waals surface area contributed by atoms with Crippen molar-refractivity contribution in [3.05, 3.63) is 194 Å². The lowest BCUT2D eigenvalue weighted by Gasteiger charge is -2.20. The van der Waals surface area contributed by atoms with Gasteiger partial charge in [0.05, 0.1) is 6.85 Å². The average molecular weight is 718 g/mol. The van der Waals surface area contributed by atoms with E-state index in [2.05, 4.69) is 97.1 Å². The van der Waals surface area contributed by atoms with E-state index >= 15 is 0 Å². The second-order valence-electron chi connectivity index (χ2n) is 14.3. The highest BCUT2D eigenvalue weighted by Gasteiger charge is 2.23. The molecule has 0 unspecified atom stereocenters. The first-order valence-electron chi connectivity index (χ1n) is 21.3. The minimum absolute atomic E-state index is 0.196. The fourth-order valence-electron chi connectivity index (χ4n) is 9.04. The van der Waals surface area contributed by atoms with Crippen LogP contribution in [-0.2, 0) is 0 Å². The maximum Gasteiger partial charge on any atom is 0.136 e. The monoisotopic (exact) mass is 717 g/mol. The third-order valence-electron chi connectivity index (χ3n) is 11.4. The number of para-hydroxylation sites is 2. The normalized spacial score (nSPS) is 13.2. The van der Waals surface area contributed by atoms with Gasteiger partial charge in [0.25, 0.3) is 0 Å². The largest absolute Gasteiger partial charge is 0.456 e. The Morgan fingerprint density at radius 1 is 0.304 bits per heavy atom. The molecule has 0 bridgehead atoms. The van der Waals surface area contributed by atoms with Gasteiger partial charge in [-0.3, -0.25) is 0 Å². The topological polar surface area (TPSA) is 26.3 Å². The van der Waals surface area contributed by atoms with Crippen LogP contribution in [0, 0.1) is 0 Å².